The number of hydrogen-bond donors (Lipinski definition) is 1. The molecule has 2 saturated heterocycles. The molecular formula is C33H41BrN4O3. The molecule has 2 aliphatic heterocycles. The lowest BCUT2D eigenvalue weighted by atomic mass is 9.84. The van der Waals surface area contributed by atoms with Gasteiger partial charge >= 0.3 is 0 Å². The molecule has 0 spiro atoms. The third-order valence-corrected chi connectivity index (χ3v) is 10.5. The largest absolute Gasteiger partial charge is 0.490 e. The van der Waals surface area contributed by atoms with Crippen molar-refractivity contribution in [3.8, 4) is 5.75 Å². The molecule has 3 heterocycles. The Labute approximate surface area is 251 Å². The minimum atomic E-state index is -0.359. The van der Waals surface area contributed by atoms with Crippen molar-refractivity contribution in [2.24, 2.45) is 13.0 Å². The number of carbonyl (C=O) groups excluding carboxylic acids is 2. The molecule has 1 unspecified atom stereocenters. The molecule has 41 heavy (non-hydrogen) atoms. The van der Waals surface area contributed by atoms with E-state index in [-0.39, 0.29) is 17.7 Å². The van der Waals surface area contributed by atoms with Gasteiger partial charge in [-0.3, -0.25) is 19.6 Å². The van der Waals surface area contributed by atoms with Gasteiger partial charge in [0.15, 0.2) is 0 Å². The Morgan fingerprint density at radius 1 is 1.07 bits per heavy atom. The molecule has 8 heteroatoms. The number of hydrogen-bond acceptors (Lipinski definition) is 5. The fourth-order valence-corrected chi connectivity index (χ4v) is 7.46. The van der Waals surface area contributed by atoms with E-state index in [2.05, 4.69) is 69.5 Å². The molecular weight excluding hydrogens is 580 g/mol. The van der Waals surface area contributed by atoms with Crippen LogP contribution in [0.4, 0.5) is 0 Å². The van der Waals surface area contributed by atoms with Gasteiger partial charge in [-0.1, -0.05) is 34.1 Å². The third-order valence-electron chi connectivity index (χ3n) is 9.61. The minimum absolute atomic E-state index is 0.191. The van der Waals surface area contributed by atoms with E-state index in [1.54, 1.807) is 0 Å². The van der Waals surface area contributed by atoms with E-state index in [1.807, 2.05) is 11.7 Å². The number of nitrogens with one attached hydrogen (secondary N) is 1. The van der Waals surface area contributed by atoms with Gasteiger partial charge < -0.3 is 9.64 Å². The highest BCUT2D eigenvalue weighted by Crippen LogP contribution is 2.36. The number of benzene rings is 2. The van der Waals surface area contributed by atoms with Gasteiger partial charge in [0.25, 0.3) is 0 Å². The van der Waals surface area contributed by atoms with Crippen LogP contribution >= 0.6 is 15.9 Å². The molecule has 3 aliphatic rings. The SMILES string of the molecule is Cc1c(Br)cccc1OC1CCC(CCCN2CC[C@@H](c3ccc4c(C5CCC(=O)NC5=O)nn(C)c4c3)C2)CC1. The number of likely N-dealkylation sites (tertiary alicyclic amines) is 1. The Morgan fingerprint density at radius 3 is 2.71 bits per heavy atom. The normalized spacial score (nSPS) is 25.5. The van der Waals surface area contributed by atoms with Crippen molar-refractivity contribution in [3.05, 3.63) is 57.7 Å². The number of rotatable bonds is 8. The summed E-state index contributed by atoms with van der Waals surface area (Å²) in [5.41, 5.74) is 4.40. The quantitative estimate of drug-likeness (QED) is 0.296. The van der Waals surface area contributed by atoms with Crippen LogP contribution in [0.5, 0.6) is 5.75 Å². The van der Waals surface area contributed by atoms with Crippen molar-refractivity contribution in [1.82, 2.24) is 20.0 Å². The number of halogens is 1. The fourth-order valence-electron chi connectivity index (χ4n) is 7.11. The molecule has 2 aromatic carbocycles. The zero-order valence-corrected chi connectivity index (χ0v) is 25.8. The van der Waals surface area contributed by atoms with E-state index in [0.29, 0.717) is 24.9 Å². The number of piperidine rings is 1. The van der Waals surface area contributed by atoms with Gasteiger partial charge in [0.2, 0.25) is 11.8 Å². The Morgan fingerprint density at radius 2 is 1.90 bits per heavy atom. The lowest BCUT2D eigenvalue weighted by Gasteiger charge is -2.30. The average Bonchev–Trinajstić information content (AvgIpc) is 3.56. The summed E-state index contributed by atoms with van der Waals surface area (Å²) in [5, 5.41) is 8.21. The number of fused-ring (bicyclic) bond motifs is 1. The second-order valence-electron chi connectivity index (χ2n) is 12.3. The maximum Gasteiger partial charge on any atom is 0.235 e. The second kappa shape index (κ2) is 12.3. The van der Waals surface area contributed by atoms with E-state index >= 15 is 0 Å². The molecule has 2 atom stereocenters. The molecule has 1 N–H and O–H groups in total. The fraction of sp³-hybridized carbons (Fsp3) is 0.545. The molecule has 2 amide bonds. The van der Waals surface area contributed by atoms with Crippen LogP contribution in [0.15, 0.2) is 40.9 Å². The molecule has 218 valence electrons. The van der Waals surface area contributed by atoms with Gasteiger partial charge in [-0.2, -0.15) is 5.10 Å². The van der Waals surface area contributed by atoms with E-state index in [4.69, 9.17) is 9.84 Å². The Kier molecular flexibility index (Phi) is 8.50. The molecule has 3 aromatic rings. The summed E-state index contributed by atoms with van der Waals surface area (Å²) in [4.78, 5) is 26.7. The van der Waals surface area contributed by atoms with Crippen molar-refractivity contribution >= 4 is 38.6 Å². The highest BCUT2D eigenvalue weighted by molar-refractivity contribution is 9.10. The van der Waals surface area contributed by atoms with Crippen molar-refractivity contribution in [2.75, 3.05) is 19.6 Å². The molecule has 6 rings (SSSR count). The third kappa shape index (κ3) is 6.24. The first-order chi connectivity index (χ1) is 19.9. The lowest BCUT2D eigenvalue weighted by molar-refractivity contribution is -0.134. The average molecular weight is 622 g/mol. The first kappa shape index (κ1) is 28.4. The van der Waals surface area contributed by atoms with Crippen molar-refractivity contribution in [1.29, 1.82) is 0 Å². The van der Waals surface area contributed by atoms with E-state index in [1.165, 1.54) is 49.8 Å². The molecule has 1 saturated carbocycles. The summed E-state index contributed by atoms with van der Waals surface area (Å²) in [6, 6.07) is 12.8. The Hall–Kier alpha value is -2.71. The summed E-state index contributed by atoms with van der Waals surface area (Å²) in [7, 11) is 1.95. The Balaban J connectivity index is 0.973. The van der Waals surface area contributed by atoms with Crippen molar-refractivity contribution < 1.29 is 14.3 Å². The number of aryl methyl sites for hydroxylation is 1. The summed E-state index contributed by atoms with van der Waals surface area (Å²) in [5.74, 6) is 1.59. The minimum Gasteiger partial charge on any atom is -0.490 e. The summed E-state index contributed by atoms with van der Waals surface area (Å²) in [6.45, 7) is 5.56. The van der Waals surface area contributed by atoms with Gasteiger partial charge in [-0.05, 0) is 107 Å². The highest BCUT2D eigenvalue weighted by Gasteiger charge is 2.32. The lowest BCUT2D eigenvalue weighted by Crippen LogP contribution is -2.39. The van der Waals surface area contributed by atoms with E-state index in [9.17, 15) is 9.59 Å². The van der Waals surface area contributed by atoms with Gasteiger partial charge in [-0.15, -0.1) is 0 Å². The highest BCUT2D eigenvalue weighted by atomic mass is 79.9. The first-order valence-electron chi connectivity index (χ1n) is 15.3. The monoisotopic (exact) mass is 620 g/mol. The van der Waals surface area contributed by atoms with Gasteiger partial charge in [-0.25, -0.2) is 0 Å². The predicted molar refractivity (Wildman–Crippen MR) is 164 cm³/mol. The number of ether oxygens (including phenoxy) is 1. The molecule has 1 aliphatic carbocycles. The van der Waals surface area contributed by atoms with Crippen LogP contribution in [0.25, 0.3) is 10.9 Å². The van der Waals surface area contributed by atoms with Crippen LogP contribution in [0.1, 0.15) is 86.4 Å². The van der Waals surface area contributed by atoms with E-state index in [0.717, 1.165) is 58.7 Å². The van der Waals surface area contributed by atoms with Crippen LogP contribution in [-0.4, -0.2) is 52.2 Å². The summed E-state index contributed by atoms with van der Waals surface area (Å²) < 4.78 is 9.36. The first-order valence-corrected chi connectivity index (χ1v) is 16.1. The number of imide groups is 1. The number of amides is 2. The topological polar surface area (TPSA) is 76.5 Å². The summed E-state index contributed by atoms with van der Waals surface area (Å²) in [6.07, 6.45) is 9.85. The van der Waals surface area contributed by atoms with Crippen LogP contribution < -0.4 is 10.1 Å². The smallest absolute Gasteiger partial charge is 0.235 e. The zero-order valence-electron chi connectivity index (χ0n) is 24.2. The van der Waals surface area contributed by atoms with Crippen LogP contribution in [-0.2, 0) is 16.6 Å². The standard InChI is InChI=1S/C33H41BrN4O3/c1-21-28(34)6-3-7-30(21)41-25-11-8-22(9-12-25)5-4-17-38-18-16-24(20-38)23-10-13-26-29(19-23)37(2)36-32(26)27-14-15-31(39)35-33(27)40/h3,6-7,10,13,19,22,24-25,27H,4-5,8-9,11-12,14-18,20H2,1-2H3,(H,35,39,40)/t22?,24-,25?,27?/m1/s1. The molecule has 0 bridgehead atoms. The summed E-state index contributed by atoms with van der Waals surface area (Å²) >= 11 is 3.62. The number of carbonyl (C=O) groups is 2. The maximum atomic E-state index is 12.5. The van der Waals surface area contributed by atoms with Crippen molar-refractivity contribution in [2.45, 2.75) is 82.7 Å². The van der Waals surface area contributed by atoms with Crippen molar-refractivity contribution in [3.63, 3.8) is 0 Å². The van der Waals surface area contributed by atoms with Gasteiger partial charge in [0, 0.05) is 35.4 Å². The van der Waals surface area contributed by atoms with Crippen LogP contribution in [0.2, 0.25) is 0 Å². The predicted octanol–water partition coefficient (Wildman–Crippen LogP) is 6.37. The maximum absolute atomic E-state index is 12.5. The Bertz CT molecular complexity index is 1430. The van der Waals surface area contributed by atoms with Gasteiger partial charge in [0.05, 0.1) is 23.2 Å². The zero-order chi connectivity index (χ0) is 28.5. The number of nitrogens with zero attached hydrogens (tertiary/aromatic N) is 3. The van der Waals surface area contributed by atoms with Gasteiger partial charge in [0.1, 0.15) is 5.75 Å². The number of aromatic nitrogens is 2. The van der Waals surface area contributed by atoms with Crippen LogP contribution in [0, 0.1) is 12.8 Å². The second-order valence-corrected chi connectivity index (χ2v) is 13.2. The molecule has 3 fully saturated rings. The van der Waals surface area contributed by atoms with Crippen LogP contribution in [0.3, 0.4) is 0 Å². The molecule has 7 nitrogen and oxygen atoms in total. The molecule has 0 radical (unpaired) electrons. The molecule has 1 aromatic heterocycles. The van der Waals surface area contributed by atoms with E-state index < -0.39 is 0 Å².